The number of ether oxygens (including phenoxy) is 1. The lowest BCUT2D eigenvalue weighted by atomic mass is 10.1. The number of amides is 1. The monoisotopic (exact) mass is 262 g/mol. The van der Waals surface area contributed by atoms with Crippen LogP contribution in [0.4, 0.5) is 4.79 Å². The molecule has 0 bridgehead atoms. The summed E-state index contributed by atoms with van der Waals surface area (Å²) >= 11 is 0. The Kier molecular flexibility index (Phi) is 5.21. The molecule has 1 aliphatic rings. The molecule has 0 unspecified atom stereocenters. The van der Waals surface area contributed by atoms with Crippen LogP contribution in [0.2, 0.25) is 0 Å². The van der Waals surface area contributed by atoms with Gasteiger partial charge in [0.2, 0.25) is 0 Å². The van der Waals surface area contributed by atoms with Crippen molar-refractivity contribution in [2.45, 2.75) is 32.4 Å². The van der Waals surface area contributed by atoms with Crippen molar-refractivity contribution in [3.05, 3.63) is 35.9 Å². The van der Waals surface area contributed by atoms with Gasteiger partial charge in [0.1, 0.15) is 6.61 Å². The minimum absolute atomic E-state index is 0.202. The minimum Gasteiger partial charge on any atom is -0.445 e. The molecule has 1 saturated heterocycles. The lowest BCUT2D eigenvalue weighted by Gasteiger charge is -2.32. The van der Waals surface area contributed by atoms with Crippen molar-refractivity contribution in [3.63, 3.8) is 0 Å². The number of carbonyl (C=O) groups excluding carboxylic acids is 1. The zero-order chi connectivity index (χ0) is 13.5. The predicted octanol–water partition coefficient (Wildman–Crippen LogP) is 2.40. The molecule has 4 heteroatoms. The smallest absolute Gasteiger partial charge is 0.410 e. The second-order valence-electron chi connectivity index (χ2n) is 4.88. The van der Waals surface area contributed by atoms with Crippen LogP contribution in [0.1, 0.15) is 25.3 Å². The highest BCUT2D eigenvalue weighted by molar-refractivity contribution is 5.67. The molecule has 1 aromatic carbocycles. The maximum atomic E-state index is 12.0. The van der Waals surface area contributed by atoms with Crippen LogP contribution in [0.25, 0.3) is 0 Å². The summed E-state index contributed by atoms with van der Waals surface area (Å²) in [6, 6.07) is 10.2. The molecular weight excluding hydrogens is 240 g/mol. The number of hydrogen-bond donors (Lipinski definition) is 1. The molecule has 1 atom stereocenters. The fourth-order valence-electron chi connectivity index (χ4n) is 2.41. The summed E-state index contributed by atoms with van der Waals surface area (Å²) in [5, 5.41) is 3.39. The van der Waals surface area contributed by atoms with Gasteiger partial charge in [-0.05, 0) is 24.9 Å². The van der Waals surface area contributed by atoms with Crippen molar-refractivity contribution in [2.24, 2.45) is 0 Å². The molecule has 2 rings (SSSR count). The SMILES string of the molecule is CCN[C@@H]1CCCN(C(=O)OCc2ccccc2)C1. The van der Waals surface area contributed by atoms with Gasteiger partial charge in [-0.2, -0.15) is 0 Å². The van der Waals surface area contributed by atoms with Gasteiger partial charge < -0.3 is 15.0 Å². The third-order valence-electron chi connectivity index (χ3n) is 3.38. The molecule has 1 fully saturated rings. The van der Waals surface area contributed by atoms with Crippen LogP contribution in [-0.2, 0) is 11.3 Å². The van der Waals surface area contributed by atoms with E-state index in [0.717, 1.165) is 38.0 Å². The Morgan fingerprint density at radius 1 is 1.42 bits per heavy atom. The molecule has 0 saturated carbocycles. The second kappa shape index (κ2) is 7.14. The molecule has 4 nitrogen and oxygen atoms in total. The Bertz CT molecular complexity index is 392. The quantitative estimate of drug-likeness (QED) is 0.906. The summed E-state index contributed by atoms with van der Waals surface area (Å²) in [5.74, 6) is 0. The first kappa shape index (κ1) is 13.9. The van der Waals surface area contributed by atoms with E-state index in [1.807, 2.05) is 30.3 Å². The Morgan fingerprint density at radius 2 is 2.21 bits per heavy atom. The van der Waals surface area contributed by atoms with Gasteiger partial charge in [0.15, 0.2) is 0 Å². The summed E-state index contributed by atoms with van der Waals surface area (Å²) in [7, 11) is 0. The Hall–Kier alpha value is -1.55. The number of carbonyl (C=O) groups is 1. The maximum absolute atomic E-state index is 12.0. The molecule has 0 radical (unpaired) electrons. The number of likely N-dealkylation sites (N-methyl/N-ethyl adjacent to an activating group) is 1. The van der Waals surface area contributed by atoms with E-state index in [1.165, 1.54) is 0 Å². The molecule has 0 aromatic heterocycles. The number of nitrogens with one attached hydrogen (secondary N) is 1. The molecule has 0 spiro atoms. The first-order chi connectivity index (χ1) is 9.29. The lowest BCUT2D eigenvalue weighted by Crippen LogP contribution is -2.48. The van der Waals surface area contributed by atoms with Crippen molar-refractivity contribution < 1.29 is 9.53 Å². The molecule has 1 aliphatic heterocycles. The number of benzene rings is 1. The third kappa shape index (κ3) is 4.24. The summed E-state index contributed by atoms with van der Waals surface area (Å²) in [6.07, 6.45) is 1.97. The normalized spacial score (nSPS) is 19.2. The standard InChI is InChI=1S/C15H22N2O2/c1-2-16-14-9-6-10-17(11-14)15(18)19-12-13-7-4-3-5-8-13/h3-5,7-8,14,16H,2,6,9-12H2,1H3/t14-/m1/s1. The number of likely N-dealkylation sites (tertiary alicyclic amines) is 1. The average molecular weight is 262 g/mol. The molecule has 104 valence electrons. The molecule has 1 amide bonds. The van der Waals surface area contributed by atoms with Gasteiger partial charge in [0.05, 0.1) is 0 Å². The second-order valence-corrected chi connectivity index (χ2v) is 4.88. The summed E-state index contributed by atoms with van der Waals surface area (Å²) < 4.78 is 5.35. The van der Waals surface area contributed by atoms with E-state index in [-0.39, 0.29) is 6.09 Å². The van der Waals surface area contributed by atoms with Gasteiger partial charge >= 0.3 is 6.09 Å². The van der Waals surface area contributed by atoms with E-state index in [1.54, 1.807) is 4.90 Å². The molecule has 1 aromatic rings. The van der Waals surface area contributed by atoms with Crippen LogP contribution < -0.4 is 5.32 Å². The van der Waals surface area contributed by atoms with Crippen molar-refractivity contribution in [3.8, 4) is 0 Å². The van der Waals surface area contributed by atoms with Crippen LogP contribution in [0.5, 0.6) is 0 Å². The molecular formula is C15H22N2O2. The molecule has 0 aliphatic carbocycles. The van der Waals surface area contributed by atoms with Gasteiger partial charge in [-0.15, -0.1) is 0 Å². The fraction of sp³-hybridized carbons (Fsp3) is 0.533. The van der Waals surface area contributed by atoms with Crippen molar-refractivity contribution in [1.82, 2.24) is 10.2 Å². The lowest BCUT2D eigenvalue weighted by molar-refractivity contribution is 0.0835. The van der Waals surface area contributed by atoms with E-state index in [9.17, 15) is 4.79 Å². The van der Waals surface area contributed by atoms with Gasteiger partial charge in [-0.3, -0.25) is 0 Å². The zero-order valence-corrected chi connectivity index (χ0v) is 11.5. The Labute approximate surface area is 114 Å². The number of hydrogen-bond acceptors (Lipinski definition) is 3. The van der Waals surface area contributed by atoms with Crippen LogP contribution in [-0.4, -0.2) is 36.7 Å². The minimum atomic E-state index is -0.202. The van der Waals surface area contributed by atoms with Gasteiger partial charge in [0, 0.05) is 19.1 Å². The first-order valence-corrected chi connectivity index (χ1v) is 6.98. The summed E-state index contributed by atoms with van der Waals surface area (Å²) in [4.78, 5) is 13.8. The molecule has 1 N–H and O–H groups in total. The average Bonchev–Trinajstić information content (AvgIpc) is 2.46. The highest BCUT2D eigenvalue weighted by Crippen LogP contribution is 2.12. The van der Waals surface area contributed by atoms with Gasteiger partial charge in [0.25, 0.3) is 0 Å². The van der Waals surface area contributed by atoms with E-state index in [0.29, 0.717) is 12.6 Å². The van der Waals surface area contributed by atoms with Crippen molar-refractivity contribution in [1.29, 1.82) is 0 Å². The van der Waals surface area contributed by atoms with E-state index in [2.05, 4.69) is 12.2 Å². The van der Waals surface area contributed by atoms with Crippen molar-refractivity contribution >= 4 is 6.09 Å². The van der Waals surface area contributed by atoms with E-state index >= 15 is 0 Å². The summed E-state index contributed by atoms with van der Waals surface area (Å²) in [6.45, 7) is 4.93. The van der Waals surface area contributed by atoms with Gasteiger partial charge in [-0.25, -0.2) is 4.79 Å². The highest BCUT2D eigenvalue weighted by Gasteiger charge is 2.23. The fourth-order valence-corrected chi connectivity index (χ4v) is 2.41. The van der Waals surface area contributed by atoms with Crippen molar-refractivity contribution in [2.75, 3.05) is 19.6 Å². The largest absolute Gasteiger partial charge is 0.445 e. The van der Waals surface area contributed by atoms with Crippen LogP contribution in [0.15, 0.2) is 30.3 Å². The first-order valence-electron chi connectivity index (χ1n) is 6.98. The third-order valence-corrected chi connectivity index (χ3v) is 3.38. The van der Waals surface area contributed by atoms with Crippen LogP contribution in [0, 0.1) is 0 Å². The Balaban J connectivity index is 1.79. The Morgan fingerprint density at radius 3 is 2.95 bits per heavy atom. The maximum Gasteiger partial charge on any atom is 0.410 e. The number of rotatable bonds is 4. The topological polar surface area (TPSA) is 41.6 Å². The van der Waals surface area contributed by atoms with Crippen LogP contribution >= 0.6 is 0 Å². The van der Waals surface area contributed by atoms with E-state index < -0.39 is 0 Å². The van der Waals surface area contributed by atoms with Gasteiger partial charge in [-0.1, -0.05) is 37.3 Å². The molecule has 1 heterocycles. The number of nitrogens with zero attached hydrogens (tertiary/aromatic N) is 1. The van der Waals surface area contributed by atoms with E-state index in [4.69, 9.17) is 4.74 Å². The molecule has 19 heavy (non-hydrogen) atoms. The summed E-state index contributed by atoms with van der Waals surface area (Å²) in [5.41, 5.74) is 1.02. The van der Waals surface area contributed by atoms with Crippen LogP contribution in [0.3, 0.4) is 0 Å². The predicted molar refractivity (Wildman–Crippen MR) is 74.9 cm³/mol. The number of piperidine rings is 1. The highest BCUT2D eigenvalue weighted by atomic mass is 16.6. The zero-order valence-electron chi connectivity index (χ0n) is 11.5.